The summed E-state index contributed by atoms with van der Waals surface area (Å²) in [5.74, 6) is 1.76. The predicted octanol–water partition coefficient (Wildman–Crippen LogP) is 6.61. The maximum atomic E-state index is 14.9. The van der Waals surface area contributed by atoms with Crippen LogP contribution in [0, 0.1) is 6.92 Å². The van der Waals surface area contributed by atoms with Gasteiger partial charge in [-0.1, -0.05) is 60.2 Å². The highest BCUT2D eigenvalue weighted by atomic mass is 31.2. The smallest absolute Gasteiger partial charge is 0.311 e. The molecule has 0 saturated carbocycles. The molecule has 0 radical (unpaired) electrons. The summed E-state index contributed by atoms with van der Waals surface area (Å²) in [4.78, 5) is 0. The first-order valence-corrected chi connectivity index (χ1v) is 12.7. The largest absolute Gasteiger partial charge is 0.496 e. The zero-order valence-electron chi connectivity index (χ0n) is 19.2. The lowest BCUT2D eigenvalue weighted by molar-refractivity contribution is 0.412. The summed E-state index contributed by atoms with van der Waals surface area (Å²) in [6.45, 7) is 2.07. The van der Waals surface area contributed by atoms with Crippen molar-refractivity contribution in [2.45, 2.75) is 6.92 Å². The van der Waals surface area contributed by atoms with Crippen LogP contribution in [0.1, 0.15) is 5.56 Å². The molecule has 1 heterocycles. The van der Waals surface area contributed by atoms with E-state index in [-0.39, 0.29) is 0 Å². The van der Waals surface area contributed by atoms with Gasteiger partial charge in [0, 0.05) is 16.3 Å². The van der Waals surface area contributed by atoms with Crippen molar-refractivity contribution in [3.05, 3.63) is 90.5 Å². The molecule has 1 unspecified atom stereocenters. The van der Waals surface area contributed by atoms with Gasteiger partial charge in [-0.05, 0) is 53.6 Å². The first-order chi connectivity index (χ1) is 16.5. The summed E-state index contributed by atoms with van der Waals surface area (Å²) < 4.78 is 33.0. The van der Waals surface area contributed by atoms with E-state index in [0.717, 1.165) is 32.7 Å². The Morgan fingerprint density at radius 1 is 0.706 bits per heavy atom. The van der Waals surface area contributed by atoms with Gasteiger partial charge >= 0.3 is 7.37 Å². The number of aryl methyl sites for hydroxylation is 1. The van der Waals surface area contributed by atoms with Crippen LogP contribution in [-0.2, 0) is 4.57 Å². The molecule has 0 spiro atoms. The van der Waals surface area contributed by atoms with Gasteiger partial charge in [0.15, 0.2) is 0 Å². The number of benzene rings is 5. The zero-order valence-corrected chi connectivity index (χ0v) is 20.1. The minimum absolute atomic E-state index is 0.494. The third kappa shape index (κ3) is 2.96. The maximum Gasteiger partial charge on any atom is 0.311 e. The van der Waals surface area contributed by atoms with Crippen LogP contribution in [0.25, 0.3) is 32.7 Å². The second kappa shape index (κ2) is 7.65. The molecule has 0 aromatic heterocycles. The Bertz CT molecular complexity index is 1650. The fourth-order valence-corrected chi connectivity index (χ4v) is 7.36. The molecule has 34 heavy (non-hydrogen) atoms. The van der Waals surface area contributed by atoms with Gasteiger partial charge in [0.2, 0.25) is 0 Å². The van der Waals surface area contributed by atoms with Crippen molar-refractivity contribution in [2.24, 2.45) is 0 Å². The Morgan fingerprint density at radius 3 is 2.24 bits per heavy atom. The normalized spacial score (nSPS) is 16.6. The third-order valence-corrected chi connectivity index (χ3v) is 8.95. The fourth-order valence-electron chi connectivity index (χ4n) is 4.91. The summed E-state index contributed by atoms with van der Waals surface area (Å²) in [7, 11) is -0.319. The Kier molecular flexibility index (Phi) is 4.68. The molecule has 0 N–H and O–H groups in total. The molecule has 6 rings (SSSR count). The lowest BCUT2D eigenvalue weighted by atomic mass is 10.0. The van der Waals surface area contributed by atoms with Crippen LogP contribution in [0.3, 0.4) is 0 Å². The molecule has 1 aliphatic heterocycles. The number of rotatable bonds is 3. The number of methoxy groups -OCH3 is 2. The molecular weight excluding hydrogens is 443 g/mol. The van der Waals surface area contributed by atoms with Crippen LogP contribution < -0.4 is 24.6 Å². The quantitative estimate of drug-likeness (QED) is 0.222. The van der Waals surface area contributed by atoms with Gasteiger partial charge in [-0.2, -0.15) is 0 Å². The highest BCUT2D eigenvalue weighted by Crippen LogP contribution is 2.56. The van der Waals surface area contributed by atoms with E-state index in [2.05, 4.69) is 37.3 Å². The average molecular weight is 466 g/mol. The van der Waals surface area contributed by atoms with E-state index in [1.165, 1.54) is 5.56 Å². The molecule has 5 aromatic rings. The van der Waals surface area contributed by atoms with Gasteiger partial charge in [-0.25, -0.2) is 0 Å². The highest BCUT2D eigenvalue weighted by molar-refractivity contribution is 7.75. The third-order valence-electron chi connectivity index (χ3n) is 6.51. The van der Waals surface area contributed by atoms with Crippen molar-refractivity contribution in [1.29, 1.82) is 0 Å². The van der Waals surface area contributed by atoms with E-state index in [1.54, 1.807) is 14.2 Å². The van der Waals surface area contributed by atoms with Crippen LogP contribution in [0.15, 0.2) is 84.9 Å². The summed E-state index contributed by atoms with van der Waals surface area (Å²) in [5.41, 5.74) is 3.00. The Morgan fingerprint density at radius 2 is 1.44 bits per heavy atom. The molecule has 4 nitrogen and oxygen atoms in total. The number of hydrogen-bond donors (Lipinski definition) is 0. The van der Waals surface area contributed by atoms with Gasteiger partial charge in [0.25, 0.3) is 0 Å². The van der Waals surface area contributed by atoms with Crippen molar-refractivity contribution in [1.82, 2.24) is 0 Å². The Balaban J connectivity index is 1.71. The second-order valence-corrected chi connectivity index (χ2v) is 10.8. The van der Waals surface area contributed by atoms with Crippen LogP contribution >= 0.6 is 7.37 Å². The van der Waals surface area contributed by atoms with Gasteiger partial charge < -0.3 is 14.0 Å². The minimum Gasteiger partial charge on any atom is -0.496 e. The topological polar surface area (TPSA) is 44.8 Å². The van der Waals surface area contributed by atoms with Crippen LogP contribution in [0.5, 0.6) is 17.2 Å². The molecule has 1 aliphatic rings. The van der Waals surface area contributed by atoms with Crippen molar-refractivity contribution < 1.29 is 18.6 Å². The van der Waals surface area contributed by atoms with E-state index in [4.69, 9.17) is 14.0 Å². The van der Waals surface area contributed by atoms with E-state index in [9.17, 15) is 4.57 Å². The van der Waals surface area contributed by atoms with Crippen molar-refractivity contribution in [3.63, 3.8) is 0 Å². The minimum atomic E-state index is -3.56. The molecule has 168 valence electrons. The lowest BCUT2D eigenvalue weighted by Crippen LogP contribution is -2.26. The summed E-state index contributed by atoms with van der Waals surface area (Å²) >= 11 is 0. The number of para-hydroxylation sites is 1. The molecule has 0 fully saturated rings. The molecule has 1 atom stereocenters. The van der Waals surface area contributed by atoms with Gasteiger partial charge in [0.1, 0.15) is 17.2 Å². The van der Waals surface area contributed by atoms with Crippen LogP contribution in [-0.4, -0.2) is 14.2 Å². The van der Waals surface area contributed by atoms with E-state index < -0.39 is 7.37 Å². The van der Waals surface area contributed by atoms with E-state index in [0.29, 0.717) is 27.9 Å². The van der Waals surface area contributed by atoms with Gasteiger partial charge in [-0.3, -0.25) is 4.57 Å². The van der Waals surface area contributed by atoms with Crippen LogP contribution in [0.4, 0.5) is 0 Å². The fraction of sp³-hybridized carbons (Fsp3) is 0.103. The van der Waals surface area contributed by atoms with Crippen molar-refractivity contribution in [3.8, 4) is 28.4 Å². The first kappa shape index (κ1) is 20.8. The van der Waals surface area contributed by atoms with E-state index >= 15 is 0 Å². The SMILES string of the molecule is COc1cc(P2(=O)Oc3ccccc3-c3ccccc32)c(OC)c2cc3cc(C)ccc3cc12. The maximum absolute atomic E-state index is 14.9. The standard InChI is InChI=1S/C29H23O4P/c1-18-12-13-19-15-23-24(16-20(19)14-18)29(32-3)28(17-26(23)31-2)34(30)27-11-7-5-9-22(27)21-8-4-6-10-25(21)33-34/h4-17H,1-3H3. The molecule has 5 heteroatoms. The van der Waals surface area contributed by atoms with E-state index in [1.807, 2.05) is 54.6 Å². The molecule has 0 saturated heterocycles. The summed E-state index contributed by atoms with van der Waals surface area (Å²) in [6, 6.07) is 27.7. The Labute approximate surface area is 198 Å². The molecule has 0 bridgehead atoms. The molecular formula is C29H23O4P. The lowest BCUT2D eigenvalue weighted by Gasteiger charge is -2.30. The summed E-state index contributed by atoms with van der Waals surface area (Å²) in [6.07, 6.45) is 0. The van der Waals surface area contributed by atoms with Gasteiger partial charge in [-0.15, -0.1) is 0 Å². The second-order valence-electron chi connectivity index (χ2n) is 8.54. The predicted molar refractivity (Wildman–Crippen MR) is 139 cm³/mol. The Hall–Kier alpha value is -3.75. The molecule has 5 aromatic carbocycles. The number of ether oxygens (including phenoxy) is 2. The highest BCUT2D eigenvalue weighted by Gasteiger charge is 2.41. The van der Waals surface area contributed by atoms with Crippen molar-refractivity contribution >= 4 is 39.5 Å². The van der Waals surface area contributed by atoms with Gasteiger partial charge in [0.05, 0.1) is 24.8 Å². The average Bonchev–Trinajstić information content (AvgIpc) is 2.86. The monoisotopic (exact) mass is 466 g/mol. The van der Waals surface area contributed by atoms with Crippen LogP contribution in [0.2, 0.25) is 0 Å². The zero-order chi connectivity index (χ0) is 23.4. The number of fused-ring (bicyclic) bond motifs is 5. The first-order valence-electron chi connectivity index (χ1n) is 11.1. The van der Waals surface area contributed by atoms with Crippen molar-refractivity contribution in [2.75, 3.05) is 14.2 Å². The summed E-state index contributed by atoms with van der Waals surface area (Å²) in [5, 5.41) is 5.07. The number of hydrogen-bond acceptors (Lipinski definition) is 4. The molecule has 0 amide bonds. The molecule has 0 aliphatic carbocycles.